The van der Waals surface area contributed by atoms with Gasteiger partial charge in [0.2, 0.25) is 0 Å². The molecule has 68 valence electrons. The fourth-order valence-electron chi connectivity index (χ4n) is 0.927. The van der Waals surface area contributed by atoms with Gasteiger partial charge in [0.25, 0.3) is 5.56 Å². The van der Waals surface area contributed by atoms with Crippen LogP contribution < -0.4 is 5.56 Å². The monoisotopic (exact) mass is 180 g/mol. The van der Waals surface area contributed by atoms with Gasteiger partial charge in [-0.3, -0.25) is 14.6 Å². The first kappa shape index (κ1) is 9.63. The highest BCUT2D eigenvalue weighted by Gasteiger charge is 2.11. The van der Waals surface area contributed by atoms with Gasteiger partial charge >= 0.3 is 5.97 Å². The number of ether oxygens (including phenoxy) is 1. The van der Waals surface area contributed by atoms with E-state index in [0.29, 0.717) is 0 Å². The summed E-state index contributed by atoms with van der Waals surface area (Å²) in [7, 11) is 6.69. The Hall–Kier alpha value is -1.46. The lowest BCUT2D eigenvalue weighted by Crippen LogP contribution is -2.19. The standard InChI is InChI=1S/C7H9BN2O3/c1-4(8)10-6(11)3-5(9-10)7(12)13-2/h3-4,9H,1-2H3. The van der Waals surface area contributed by atoms with Crippen molar-refractivity contribution in [1.82, 2.24) is 9.78 Å². The fraction of sp³-hybridized carbons (Fsp3) is 0.429. The van der Waals surface area contributed by atoms with Gasteiger partial charge in [-0.05, 0) is 0 Å². The van der Waals surface area contributed by atoms with E-state index in [9.17, 15) is 9.59 Å². The minimum absolute atomic E-state index is 0.102. The summed E-state index contributed by atoms with van der Waals surface area (Å²) in [6.07, 6.45) is 0. The van der Waals surface area contributed by atoms with Crippen molar-refractivity contribution in [2.24, 2.45) is 0 Å². The Kier molecular flexibility index (Phi) is 2.60. The topological polar surface area (TPSA) is 64.1 Å². The van der Waals surface area contributed by atoms with E-state index in [4.69, 9.17) is 7.85 Å². The summed E-state index contributed by atoms with van der Waals surface area (Å²) >= 11 is 0. The molecule has 13 heavy (non-hydrogen) atoms. The predicted molar refractivity (Wildman–Crippen MR) is 46.9 cm³/mol. The summed E-state index contributed by atoms with van der Waals surface area (Å²) in [6.45, 7) is 1.62. The first-order chi connectivity index (χ1) is 6.06. The molecular weight excluding hydrogens is 171 g/mol. The van der Waals surface area contributed by atoms with Crippen LogP contribution in [0.3, 0.4) is 0 Å². The SMILES string of the molecule is [B]C(C)n1[nH]c(C(=O)OC)cc1=O. The molecule has 0 fully saturated rings. The van der Waals surface area contributed by atoms with E-state index in [1.54, 1.807) is 6.92 Å². The summed E-state index contributed by atoms with van der Waals surface area (Å²) in [5, 5.41) is 2.54. The molecular formula is C7H9BN2O3. The third-order valence-electron chi connectivity index (χ3n) is 1.56. The lowest BCUT2D eigenvalue weighted by atomic mass is 10.00. The minimum Gasteiger partial charge on any atom is -0.464 e. The minimum atomic E-state index is -0.587. The molecule has 1 rings (SSSR count). The molecule has 0 aliphatic carbocycles. The van der Waals surface area contributed by atoms with Crippen LogP contribution >= 0.6 is 0 Å². The highest BCUT2D eigenvalue weighted by molar-refractivity contribution is 6.10. The number of hydrogen-bond acceptors (Lipinski definition) is 3. The maximum atomic E-state index is 11.1. The number of nitrogens with zero attached hydrogens (tertiary/aromatic N) is 1. The average Bonchev–Trinajstić information content (AvgIpc) is 2.46. The number of carbonyl (C=O) groups is 1. The number of esters is 1. The molecule has 0 bridgehead atoms. The molecule has 0 saturated heterocycles. The van der Waals surface area contributed by atoms with Gasteiger partial charge < -0.3 is 4.74 Å². The van der Waals surface area contributed by atoms with Crippen LogP contribution in [0.25, 0.3) is 0 Å². The van der Waals surface area contributed by atoms with Gasteiger partial charge in [0.05, 0.1) is 7.11 Å². The summed E-state index contributed by atoms with van der Waals surface area (Å²) < 4.78 is 5.57. The number of H-pyrrole nitrogens is 1. The molecule has 0 saturated carbocycles. The van der Waals surface area contributed by atoms with Crippen LogP contribution in [0, 0.1) is 0 Å². The zero-order valence-corrected chi connectivity index (χ0v) is 7.40. The van der Waals surface area contributed by atoms with Gasteiger partial charge in [-0.15, -0.1) is 0 Å². The third kappa shape index (κ3) is 1.82. The van der Waals surface area contributed by atoms with E-state index in [2.05, 4.69) is 9.84 Å². The van der Waals surface area contributed by atoms with Crippen molar-refractivity contribution >= 4 is 13.8 Å². The zero-order valence-electron chi connectivity index (χ0n) is 7.40. The van der Waals surface area contributed by atoms with Crippen LogP contribution in [-0.2, 0) is 4.74 Å². The zero-order chi connectivity index (χ0) is 10.0. The van der Waals surface area contributed by atoms with Gasteiger partial charge in [-0.25, -0.2) is 4.79 Å². The average molecular weight is 180 g/mol. The molecule has 1 aromatic rings. The Labute approximate surface area is 76.1 Å². The quantitative estimate of drug-likeness (QED) is 0.499. The third-order valence-corrected chi connectivity index (χ3v) is 1.56. The molecule has 5 nitrogen and oxygen atoms in total. The van der Waals surface area contributed by atoms with Gasteiger partial charge in [-0.2, -0.15) is 0 Å². The smallest absolute Gasteiger partial charge is 0.356 e. The lowest BCUT2D eigenvalue weighted by Gasteiger charge is -2.04. The molecule has 0 amide bonds. The van der Waals surface area contributed by atoms with Crippen LogP contribution in [0.2, 0.25) is 0 Å². The van der Waals surface area contributed by atoms with Crippen molar-refractivity contribution in [3.8, 4) is 0 Å². The second-order valence-electron chi connectivity index (χ2n) is 2.61. The molecule has 1 unspecified atom stereocenters. The number of aromatic amines is 1. The highest BCUT2D eigenvalue weighted by Crippen LogP contribution is 1.97. The molecule has 0 aliphatic heterocycles. The predicted octanol–water partition coefficient (Wildman–Crippen LogP) is -0.350. The highest BCUT2D eigenvalue weighted by atomic mass is 16.5. The van der Waals surface area contributed by atoms with Crippen molar-refractivity contribution in [3.05, 3.63) is 22.1 Å². The van der Waals surface area contributed by atoms with E-state index in [1.165, 1.54) is 7.11 Å². The van der Waals surface area contributed by atoms with Crippen molar-refractivity contribution in [2.45, 2.75) is 12.9 Å². The number of carbonyl (C=O) groups excluding carboxylic acids is 1. The Morgan fingerprint density at radius 2 is 2.38 bits per heavy atom. The molecule has 0 aliphatic rings. The lowest BCUT2D eigenvalue weighted by molar-refractivity contribution is 0.0593. The van der Waals surface area contributed by atoms with Crippen molar-refractivity contribution in [3.63, 3.8) is 0 Å². The maximum absolute atomic E-state index is 11.1. The van der Waals surface area contributed by atoms with Gasteiger partial charge in [0.15, 0.2) is 0 Å². The molecule has 6 heteroatoms. The number of rotatable bonds is 2. The molecule has 1 atom stereocenters. The van der Waals surface area contributed by atoms with E-state index in [-0.39, 0.29) is 11.3 Å². The van der Waals surface area contributed by atoms with Gasteiger partial charge in [0.1, 0.15) is 13.5 Å². The number of hydrogen-bond donors (Lipinski definition) is 1. The summed E-state index contributed by atoms with van der Waals surface area (Å²) in [5.74, 6) is -1.08. The molecule has 1 N–H and O–H groups in total. The summed E-state index contributed by atoms with van der Waals surface area (Å²) in [4.78, 5) is 22.1. The summed E-state index contributed by atoms with van der Waals surface area (Å²) in [6, 6.07) is 1.15. The van der Waals surface area contributed by atoms with Crippen LogP contribution in [0.4, 0.5) is 0 Å². The normalized spacial score (nSPS) is 12.5. The van der Waals surface area contributed by atoms with E-state index < -0.39 is 11.9 Å². The van der Waals surface area contributed by atoms with Crippen LogP contribution in [0.5, 0.6) is 0 Å². The Bertz CT molecular complexity index is 366. The van der Waals surface area contributed by atoms with Crippen LogP contribution in [0.15, 0.2) is 10.9 Å². The molecule has 2 radical (unpaired) electrons. The van der Waals surface area contributed by atoms with Crippen molar-refractivity contribution in [2.75, 3.05) is 7.11 Å². The fourth-order valence-corrected chi connectivity index (χ4v) is 0.927. The first-order valence-electron chi connectivity index (χ1n) is 3.71. The first-order valence-corrected chi connectivity index (χ1v) is 3.71. The van der Waals surface area contributed by atoms with Crippen LogP contribution in [0.1, 0.15) is 23.4 Å². The van der Waals surface area contributed by atoms with E-state index >= 15 is 0 Å². The van der Waals surface area contributed by atoms with E-state index in [0.717, 1.165) is 10.7 Å². The summed E-state index contributed by atoms with van der Waals surface area (Å²) in [5.41, 5.74) is -0.250. The van der Waals surface area contributed by atoms with E-state index in [1.807, 2.05) is 0 Å². The molecule has 0 aromatic carbocycles. The second kappa shape index (κ2) is 3.51. The molecule has 1 aromatic heterocycles. The van der Waals surface area contributed by atoms with Gasteiger partial charge in [-0.1, -0.05) is 6.92 Å². The second-order valence-corrected chi connectivity index (χ2v) is 2.61. The molecule has 0 spiro atoms. The van der Waals surface area contributed by atoms with Crippen molar-refractivity contribution < 1.29 is 9.53 Å². The number of methoxy groups -OCH3 is 1. The Morgan fingerprint density at radius 1 is 1.77 bits per heavy atom. The number of aromatic nitrogens is 2. The Morgan fingerprint density at radius 3 is 2.77 bits per heavy atom. The van der Waals surface area contributed by atoms with Crippen LogP contribution in [-0.4, -0.2) is 30.7 Å². The maximum Gasteiger partial charge on any atom is 0.356 e. The largest absolute Gasteiger partial charge is 0.464 e. The molecule has 1 heterocycles. The van der Waals surface area contributed by atoms with Gasteiger partial charge in [0, 0.05) is 12.0 Å². The number of nitrogens with one attached hydrogen (secondary N) is 1. The van der Waals surface area contributed by atoms with Crippen molar-refractivity contribution in [1.29, 1.82) is 0 Å². The Balaban J connectivity index is 3.09.